The van der Waals surface area contributed by atoms with Crippen LogP contribution in [0.25, 0.3) is 0 Å². The van der Waals surface area contributed by atoms with Crippen molar-refractivity contribution in [3.8, 4) is 11.9 Å². The van der Waals surface area contributed by atoms with Crippen LogP contribution in [0.3, 0.4) is 0 Å². The monoisotopic (exact) mass is 304 g/mol. The molecule has 2 heterocycles. The van der Waals surface area contributed by atoms with Crippen molar-refractivity contribution in [1.29, 1.82) is 5.26 Å². The van der Waals surface area contributed by atoms with E-state index < -0.39 is 0 Å². The third-order valence-electron chi connectivity index (χ3n) is 2.86. The van der Waals surface area contributed by atoms with Crippen LogP contribution in [-0.4, -0.2) is 23.8 Å². The van der Waals surface area contributed by atoms with Crippen LogP contribution in [0.4, 0.5) is 0 Å². The van der Waals surface area contributed by atoms with Crippen LogP contribution in [0.5, 0.6) is 5.88 Å². The van der Waals surface area contributed by atoms with Gasteiger partial charge in [0.2, 0.25) is 5.88 Å². The lowest BCUT2D eigenvalue weighted by atomic mass is 10.2. The molecule has 2 aromatic heterocycles. The summed E-state index contributed by atoms with van der Waals surface area (Å²) >= 11 is 1.46. The van der Waals surface area contributed by atoms with Crippen molar-refractivity contribution in [2.24, 2.45) is 5.73 Å². The Labute approximate surface area is 127 Å². The van der Waals surface area contributed by atoms with Crippen molar-refractivity contribution >= 4 is 11.8 Å². The summed E-state index contributed by atoms with van der Waals surface area (Å²) in [5, 5.41) is 13.6. The standard InChI is InChI=1S/C14H16N4O2S/c1-19-13-5-4-10(9-16)14(18-13)21-12(3-2-7-15)11-6-8-17-20-11/h4-6,8,12H,2-3,7,15H2,1H3. The number of nitrogens with two attached hydrogens (primary N) is 1. The highest BCUT2D eigenvalue weighted by molar-refractivity contribution is 7.99. The minimum atomic E-state index is 0.0164. The van der Waals surface area contributed by atoms with E-state index in [9.17, 15) is 5.26 Å². The number of methoxy groups -OCH3 is 1. The summed E-state index contributed by atoms with van der Waals surface area (Å²) < 4.78 is 10.4. The van der Waals surface area contributed by atoms with Gasteiger partial charge in [-0.1, -0.05) is 16.9 Å². The quantitative estimate of drug-likeness (QED) is 0.785. The molecular formula is C14H16N4O2S. The Balaban J connectivity index is 2.25. The number of aromatic nitrogens is 2. The van der Waals surface area contributed by atoms with E-state index in [4.69, 9.17) is 15.0 Å². The Bertz CT molecular complexity index is 610. The van der Waals surface area contributed by atoms with Gasteiger partial charge in [0.05, 0.1) is 24.1 Å². The molecule has 1 unspecified atom stereocenters. The number of hydrogen-bond acceptors (Lipinski definition) is 7. The van der Waals surface area contributed by atoms with E-state index >= 15 is 0 Å². The van der Waals surface area contributed by atoms with Crippen LogP contribution < -0.4 is 10.5 Å². The molecule has 0 radical (unpaired) electrons. The molecule has 2 aromatic rings. The molecule has 0 saturated heterocycles. The Morgan fingerprint density at radius 3 is 2.95 bits per heavy atom. The molecule has 0 aliphatic rings. The molecule has 2 rings (SSSR count). The second-order valence-corrected chi connectivity index (χ2v) is 5.46. The normalized spacial score (nSPS) is 11.9. The zero-order valence-corrected chi connectivity index (χ0v) is 12.5. The molecule has 0 aliphatic heterocycles. The van der Waals surface area contributed by atoms with Gasteiger partial charge in [0.25, 0.3) is 0 Å². The lowest BCUT2D eigenvalue weighted by Gasteiger charge is -2.13. The fourth-order valence-electron chi connectivity index (χ4n) is 1.80. The maximum atomic E-state index is 9.20. The lowest BCUT2D eigenvalue weighted by Crippen LogP contribution is -2.03. The van der Waals surface area contributed by atoms with Gasteiger partial charge in [0.15, 0.2) is 0 Å². The van der Waals surface area contributed by atoms with Gasteiger partial charge in [-0.2, -0.15) is 5.26 Å². The summed E-state index contributed by atoms with van der Waals surface area (Å²) in [5.41, 5.74) is 6.09. The Morgan fingerprint density at radius 1 is 1.48 bits per heavy atom. The van der Waals surface area contributed by atoms with Gasteiger partial charge >= 0.3 is 0 Å². The maximum Gasteiger partial charge on any atom is 0.214 e. The summed E-state index contributed by atoms with van der Waals surface area (Å²) in [6.45, 7) is 0.599. The second-order valence-electron chi connectivity index (χ2n) is 4.27. The van der Waals surface area contributed by atoms with Crippen LogP contribution in [0.2, 0.25) is 0 Å². The predicted molar refractivity (Wildman–Crippen MR) is 78.9 cm³/mol. The summed E-state index contributed by atoms with van der Waals surface area (Å²) in [5.74, 6) is 1.23. The minimum Gasteiger partial charge on any atom is -0.481 e. The number of nitriles is 1. The molecule has 1 atom stereocenters. The van der Waals surface area contributed by atoms with Gasteiger partial charge in [-0.3, -0.25) is 0 Å². The van der Waals surface area contributed by atoms with Gasteiger partial charge in [-0.15, -0.1) is 0 Å². The first-order valence-corrected chi connectivity index (χ1v) is 7.39. The van der Waals surface area contributed by atoms with Crippen molar-refractivity contribution in [3.05, 3.63) is 35.7 Å². The first kappa shape index (κ1) is 15.4. The van der Waals surface area contributed by atoms with E-state index in [1.807, 2.05) is 6.07 Å². The highest BCUT2D eigenvalue weighted by Crippen LogP contribution is 2.39. The van der Waals surface area contributed by atoms with Crippen LogP contribution in [0.1, 0.15) is 29.4 Å². The summed E-state index contributed by atoms with van der Waals surface area (Å²) in [6, 6.07) is 7.34. The maximum absolute atomic E-state index is 9.20. The highest BCUT2D eigenvalue weighted by Gasteiger charge is 2.19. The molecule has 0 bridgehead atoms. The summed E-state index contributed by atoms with van der Waals surface area (Å²) in [6.07, 6.45) is 3.28. The molecule has 0 amide bonds. The predicted octanol–water partition coefficient (Wildman–Crippen LogP) is 2.52. The van der Waals surface area contributed by atoms with Gasteiger partial charge in [-0.25, -0.2) is 4.98 Å². The van der Waals surface area contributed by atoms with Gasteiger partial charge < -0.3 is 15.0 Å². The van der Waals surface area contributed by atoms with E-state index in [2.05, 4.69) is 16.2 Å². The van der Waals surface area contributed by atoms with Gasteiger partial charge in [0, 0.05) is 12.1 Å². The molecule has 21 heavy (non-hydrogen) atoms. The topological polar surface area (TPSA) is 98.0 Å². The first-order valence-electron chi connectivity index (χ1n) is 6.51. The van der Waals surface area contributed by atoms with Crippen molar-refractivity contribution in [2.75, 3.05) is 13.7 Å². The Kier molecular flexibility index (Phi) is 5.60. The Morgan fingerprint density at radius 2 is 2.33 bits per heavy atom. The molecule has 0 spiro atoms. The highest BCUT2D eigenvalue weighted by atomic mass is 32.2. The molecule has 0 aliphatic carbocycles. The average molecular weight is 304 g/mol. The molecule has 110 valence electrons. The van der Waals surface area contributed by atoms with E-state index in [1.54, 1.807) is 25.4 Å². The third-order valence-corrected chi connectivity index (χ3v) is 4.15. The average Bonchev–Trinajstić information content (AvgIpc) is 3.05. The second kappa shape index (κ2) is 7.67. The first-order chi connectivity index (χ1) is 10.3. The zero-order chi connectivity index (χ0) is 15.1. The molecule has 0 saturated carbocycles. The zero-order valence-electron chi connectivity index (χ0n) is 11.7. The van der Waals surface area contributed by atoms with Crippen LogP contribution in [0.15, 0.2) is 33.9 Å². The molecule has 6 nitrogen and oxygen atoms in total. The van der Waals surface area contributed by atoms with Gasteiger partial charge in [-0.05, 0) is 25.5 Å². The molecular weight excluding hydrogens is 288 g/mol. The Hall–Kier alpha value is -2.04. The van der Waals surface area contributed by atoms with Gasteiger partial charge in [0.1, 0.15) is 16.9 Å². The number of ether oxygens (including phenoxy) is 1. The van der Waals surface area contributed by atoms with E-state index in [0.717, 1.165) is 18.6 Å². The van der Waals surface area contributed by atoms with Crippen molar-refractivity contribution in [2.45, 2.75) is 23.1 Å². The lowest BCUT2D eigenvalue weighted by molar-refractivity contribution is 0.377. The van der Waals surface area contributed by atoms with Crippen molar-refractivity contribution in [1.82, 2.24) is 10.1 Å². The number of rotatable bonds is 7. The summed E-state index contributed by atoms with van der Waals surface area (Å²) in [7, 11) is 1.55. The fraction of sp³-hybridized carbons (Fsp3) is 0.357. The SMILES string of the molecule is COc1ccc(C#N)c(SC(CCCN)c2ccno2)n1. The molecule has 0 fully saturated rings. The van der Waals surface area contributed by atoms with Crippen molar-refractivity contribution < 1.29 is 9.26 Å². The van der Waals surface area contributed by atoms with E-state index in [0.29, 0.717) is 23.0 Å². The van der Waals surface area contributed by atoms with E-state index in [-0.39, 0.29) is 5.25 Å². The van der Waals surface area contributed by atoms with Crippen LogP contribution in [-0.2, 0) is 0 Å². The molecule has 2 N–H and O–H groups in total. The third kappa shape index (κ3) is 3.97. The minimum absolute atomic E-state index is 0.0164. The van der Waals surface area contributed by atoms with Crippen LogP contribution in [0, 0.1) is 11.3 Å². The van der Waals surface area contributed by atoms with Crippen molar-refractivity contribution in [3.63, 3.8) is 0 Å². The van der Waals surface area contributed by atoms with Crippen LogP contribution >= 0.6 is 11.8 Å². The van der Waals surface area contributed by atoms with E-state index in [1.165, 1.54) is 11.8 Å². The number of thioether (sulfide) groups is 1. The molecule has 7 heteroatoms. The fourth-order valence-corrected chi connectivity index (χ4v) is 2.98. The smallest absolute Gasteiger partial charge is 0.214 e. The molecule has 0 aromatic carbocycles. The number of hydrogen-bond donors (Lipinski definition) is 1. The largest absolute Gasteiger partial charge is 0.481 e. The summed E-state index contributed by atoms with van der Waals surface area (Å²) in [4.78, 5) is 4.34. The number of nitrogens with zero attached hydrogens (tertiary/aromatic N) is 3. The number of pyridine rings is 1.